The van der Waals surface area contributed by atoms with Gasteiger partial charge in [-0.3, -0.25) is 0 Å². The van der Waals surface area contributed by atoms with Gasteiger partial charge in [0.1, 0.15) is 0 Å². The van der Waals surface area contributed by atoms with E-state index in [2.05, 4.69) is 24.3 Å². The lowest BCUT2D eigenvalue weighted by Gasteiger charge is -2.15. The molecule has 0 fully saturated rings. The lowest BCUT2D eigenvalue weighted by atomic mass is 10.2. The predicted octanol–water partition coefficient (Wildman–Crippen LogP) is 1.65. The van der Waals surface area contributed by atoms with Crippen LogP contribution in [0.3, 0.4) is 0 Å². The Balaban J connectivity index is 2.65. The number of anilines is 2. The Morgan fingerprint density at radius 2 is 1.78 bits per heavy atom. The number of nitrogens with two attached hydrogens (primary N) is 1. The topological polar surface area (TPSA) is 59.8 Å². The Bertz CT molecular complexity index is 381. The van der Waals surface area contributed by atoms with Gasteiger partial charge in [0.15, 0.2) is 11.5 Å². The minimum atomic E-state index is 0.647. The van der Waals surface area contributed by atoms with Gasteiger partial charge < -0.3 is 25.4 Å². The average Bonchev–Trinajstić information content (AvgIpc) is 2.35. The van der Waals surface area contributed by atoms with Gasteiger partial charge in [0.05, 0.1) is 25.6 Å². The summed E-state index contributed by atoms with van der Waals surface area (Å²) in [5.41, 5.74) is 7.50. The van der Waals surface area contributed by atoms with Crippen LogP contribution in [-0.4, -0.2) is 46.3 Å². The third-order valence-corrected chi connectivity index (χ3v) is 2.65. The van der Waals surface area contributed by atoms with Gasteiger partial charge in [0, 0.05) is 18.7 Å². The van der Waals surface area contributed by atoms with Crippen LogP contribution in [0, 0.1) is 0 Å². The summed E-state index contributed by atoms with van der Waals surface area (Å²) in [5.74, 6) is 1.33. The van der Waals surface area contributed by atoms with Gasteiger partial charge in [-0.2, -0.15) is 0 Å². The first-order chi connectivity index (χ1) is 8.58. The van der Waals surface area contributed by atoms with Crippen molar-refractivity contribution in [3.05, 3.63) is 12.1 Å². The fourth-order valence-corrected chi connectivity index (χ4v) is 1.67. The van der Waals surface area contributed by atoms with E-state index in [1.807, 2.05) is 6.07 Å². The van der Waals surface area contributed by atoms with Crippen molar-refractivity contribution >= 4 is 11.4 Å². The molecule has 0 atom stereocenters. The van der Waals surface area contributed by atoms with Crippen LogP contribution in [-0.2, 0) is 0 Å². The Hall–Kier alpha value is -1.62. The molecule has 1 rings (SSSR count). The molecule has 0 aliphatic carbocycles. The van der Waals surface area contributed by atoms with Gasteiger partial charge in [-0.1, -0.05) is 0 Å². The Morgan fingerprint density at radius 1 is 1.17 bits per heavy atom. The number of hydrogen-bond donors (Lipinski definition) is 2. The minimum Gasteiger partial charge on any atom is -0.493 e. The molecule has 0 radical (unpaired) electrons. The zero-order valence-corrected chi connectivity index (χ0v) is 11.6. The standard InChI is InChI=1S/C13H23N3O2/c1-16(2)7-5-6-15-11-9-13(18-4)12(17-3)8-10(11)14/h8-9,15H,5-7,14H2,1-4H3. The van der Waals surface area contributed by atoms with E-state index in [4.69, 9.17) is 15.2 Å². The molecule has 0 heterocycles. The van der Waals surface area contributed by atoms with E-state index in [1.165, 1.54) is 0 Å². The van der Waals surface area contributed by atoms with Crippen LogP contribution in [0.2, 0.25) is 0 Å². The van der Waals surface area contributed by atoms with Crippen LogP contribution in [0.15, 0.2) is 12.1 Å². The van der Waals surface area contributed by atoms with Crippen molar-refractivity contribution < 1.29 is 9.47 Å². The van der Waals surface area contributed by atoms with Crippen LogP contribution >= 0.6 is 0 Å². The summed E-state index contributed by atoms with van der Waals surface area (Å²) in [5, 5.41) is 3.31. The Kier molecular flexibility index (Phi) is 5.58. The summed E-state index contributed by atoms with van der Waals surface area (Å²) in [4.78, 5) is 2.15. The predicted molar refractivity (Wildman–Crippen MR) is 75.6 cm³/mol. The minimum absolute atomic E-state index is 0.647. The van der Waals surface area contributed by atoms with Crippen molar-refractivity contribution in [2.45, 2.75) is 6.42 Å². The summed E-state index contributed by atoms with van der Waals surface area (Å²) in [6, 6.07) is 3.64. The number of hydrogen-bond acceptors (Lipinski definition) is 5. The number of ether oxygens (including phenoxy) is 2. The second kappa shape index (κ2) is 6.96. The molecule has 18 heavy (non-hydrogen) atoms. The Labute approximate surface area is 109 Å². The maximum atomic E-state index is 5.95. The summed E-state index contributed by atoms with van der Waals surface area (Å²) >= 11 is 0. The molecule has 1 aromatic carbocycles. The molecule has 5 heteroatoms. The van der Waals surface area contributed by atoms with Crippen molar-refractivity contribution in [3.8, 4) is 11.5 Å². The van der Waals surface area contributed by atoms with Gasteiger partial charge in [-0.25, -0.2) is 0 Å². The highest BCUT2D eigenvalue weighted by Crippen LogP contribution is 2.34. The third-order valence-electron chi connectivity index (χ3n) is 2.65. The summed E-state index contributed by atoms with van der Waals surface area (Å²) in [6.45, 7) is 1.91. The fourth-order valence-electron chi connectivity index (χ4n) is 1.67. The number of nitrogens with zero attached hydrogens (tertiary/aromatic N) is 1. The van der Waals surface area contributed by atoms with E-state index < -0.39 is 0 Å². The van der Waals surface area contributed by atoms with E-state index in [0.29, 0.717) is 17.2 Å². The zero-order valence-electron chi connectivity index (χ0n) is 11.6. The highest BCUT2D eigenvalue weighted by atomic mass is 16.5. The first-order valence-corrected chi connectivity index (χ1v) is 5.98. The summed E-state index contributed by atoms with van der Waals surface area (Å²) in [6.07, 6.45) is 1.06. The largest absolute Gasteiger partial charge is 0.493 e. The molecular weight excluding hydrogens is 230 g/mol. The smallest absolute Gasteiger partial charge is 0.162 e. The Morgan fingerprint density at radius 3 is 2.33 bits per heavy atom. The lowest BCUT2D eigenvalue weighted by molar-refractivity contribution is 0.355. The van der Waals surface area contributed by atoms with E-state index in [9.17, 15) is 0 Å². The van der Waals surface area contributed by atoms with Crippen molar-refractivity contribution in [1.82, 2.24) is 4.90 Å². The molecule has 5 nitrogen and oxygen atoms in total. The number of methoxy groups -OCH3 is 2. The van der Waals surface area contributed by atoms with Gasteiger partial charge in [-0.05, 0) is 27.1 Å². The maximum absolute atomic E-state index is 5.95. The molecule has 0 aliphatic rings. The van der Waals surface area contributed by atoms with Gasteiger partial charge >= 0.3 is 0 Å². The monoisotopic (exact) mass is 253 g/mol. The van der Waals surface area contributed by atoms with Crippen LogP contribution < -0.4 is 20.5 Å². The highest BCUT2D eigenvalue weighted by Gasteiger charge is 2.08. The van der Waals surface area contributed by atoms with Crippen molar-refractivity contribution in [2.75, 3.05) is 52.5 Å². The van der Waals surface area contributed by atoms with Crippen LogP contribution in [0.4, 0.5) is 11.4 Å². The molecule has 0 aromatic heterocycles. The average molecular weight is 253 g/mol. The van der Waals surface area contributed by atoms with Crippen molar-refractivity contribution in [1.29, 1.82) is 0 Å². The molecule has 0 amide bonds. The number of nitrogen functional groups attached to an aromatic ring is 1. The molecular formula is C13H23N3O2. The zero-order chi connectivity index (χ0) is 13.5. The molecule has 0 saturated carbocycles. The fraction of sp³-hybridized carbons (Fsp3) is 0.538. The molecule has 3 N–H and O–H groups in total. The molecule has 0 aliphatic heterocycles. The van der Waals surface area contributed by atoms with E-state index >= 15 is 0 Å². The van der Waals surface area contributed by atoms with Crippen LogP contribution in [0.1, 0.15) is 6.42 Å². The second-order valence-electron chi connectivity index (χ2n) is 4.38. The highest BCUT2D eigenvalue weighted by molar-refractivity contribution is 5.71. The number of benzene rings is 1. The molecule has 1 aromatic rings. The first kappa shape index (κ1) is 14.4. The SMILES string of the molecule is COc1cc(N)c(NCCCN(C)C)cc1OC. The van der Waals surface area contributed by atoms with Crippen molar-refractivity contribution in [3.63, 3.8) is 0 Å². The van der Waals surface area contributed by atoms with Crippen molar-refractivity contribution in [2.24, 2.45) is 0 Å². The van der Waals surface area contributed by atoms with Crippen LogP contribution in [0.5, 0.6) is 11.5 Å². The van der Waals surface area contributed by atoms with E-state index in [0.717, 1.165) is 25.2 Å². The molecule has 102 valence electrons. The summed E-state index contributed by atoms with van der Waals surface area (Å²) in [7, 11) is 7.33. The quantitative estimate of drug-likeness (QED) is 0.571. The molecule has 0 spiro atoms. The molecule has 0 unspecified atom stereocenters. The van der Waals surface area contributed by atoms with Gasteiger partial charge in [0.2, 0.25) is 0 Å². The van der Waals surface area contributed by atoms with E-state index in [-0.39, 0.29) is 0 Å². The van der Waals surface area contributed by atoms with E-state index in [1.54, 1.807) is 20.3 Å². The summed E-state index contributed by atoms with van der Waals surface area (Å²) < 4.78 is 10.4. The molecule has 0 bridgehead atoms. The normalized spacial score (nSPS) is 10.5. The van der Waals surface area contributed by atoms with Gasteiger partial charge in [-0.15, -0.1) is 0 Å². The van der Waals surface area contributed by atoms with Gasteiger partial charge in [0.25, 0.3) is 0 Å². The molecule has 0 saturated heterocycles. The number of nitrogens with one attached hydrogen (secondary N) is 1. The number of rotatable bonds is 7. The lowest BCUT2D eigenvalue weighted by Crippen LogP contribution is -2.16. The third kappa shape index (κ3) is 4.00. The first-order valence-electron chi connectivity index (χ1n) is 5.98. The van der Waals surface area contributed by atoms with Crippen LogP contribution in [0.25, 0.3) is 0 Å². The second-order valence-corrected chi connectivity index (χ2v) is 4.38. The maximum Gasteiger partial charge on any atom is 0.162 e.